The van der Waals surface area contributed by atoms with Gasteiger partial charge in [-0.05, 0) is 48.7 Å². The largest absolute Gasteiger partial charge is 0.390 e. The van der Waals surface area contributed by atoms with Gasteiger partial charge in [0, 0.05) is 24.0 Å². The molecule has 2 heterocycles. The molecule has 2 aliphatic heterocycles. The Hall–Kier alpha value is -2.34. The van der Waals surface area contributed by atoms with Crippen LogP contribution in [0.1, 0.15) is 44.2 Å². The van der Waals surface area contributed by atoms with Crippen molar-refractivity contribution in [3.8, 4) is 0 Å². The topological polar surface area (TPSA) is 82.1 Å². The summed E-state index contributed by atoms with van der Waals surface area (Å²) in [5.41, 5.74) is 4.31. The number of piperidine rings is 1. The zero-order chi connectivity index (χ0) is 27.7. The first-order valence-electron chi connectivity index (χ1n) is 12.1. The van der Waals surface area contributed by atoms with Crippen molar-refractivity contribution in [2.24, 2.45) is 11.0 Å². The number of hydrazine groups is 1. The number of halogens is 5. The van der Waals surface area contributed by atoms with E-state index >= 15 is 0 Å². The van der Waals surface area contributed by atoms with Crippen molar-refractivity contribution in [2.75, 3.05) is 23.9 Å². The van der Waals surface area contributed by atoms with Crippen LogP contribution in [0.15, 0.2) is 52.5 Å². The van der Waals surface area contributed by atoms with E-state index in [2.05, 4.69) is 10.5 Å². The summed E-state index contributed by atoms with van der Waals surface area (Å²) in [5.74, 6) is -1.81. The summed E-state index contributed by atoms with van der Waals surface area (Å²) in [7, 11) is -4.13. The molecule has 1 saturated heterocycles. The van der Waals surface area contributed by atoms with Crippen molar-refractivity contribution in [1.29, 1.82) is 0 Å². The van der Waals surface area contributed by atoms with Gasteiger partial charge in [-0.25, -0.2) is 13.4 Å². The summed E-state index contributed by atoms with van der Waals surface area (Å²) in [6.07, 6.45) is -2.93. The summed E-state index contributed by atoms with van der Waals surface area (Å²) < 4.78 is 62.7. The molecule has 2 aromatic rings. The van der Waals surface area contributed by atoms with E-state index in [0.29, 0.717) is 21.3 Å². The van der Waals surface area contributed by atoms with E-state index in [-0.39, 0.29) is 16.5 Å². The molecule has 0 aliphatic carbocycles. The molecule has 13 heteroatoms. The molecule has 1 amide bonds. The molecule has 2 aromatic carbocycles. The molecule has 7 nitrogen and oxygen atoms in total. The van der Waals surface area contributed by atoms with E-state index in [4.69, 9.17) is 23.2 Å². The molecular formula is C25H27Cl2F3N4O3S. The van der Waals surface area contributed by atoms with Gasteiger partial charge in [-0.15, -0.1) is 0 Å². The Bertz CT molecular complexity index is 1310. The second-order valence-corrected chi connectivity index (χ2v) is 12.4. The number of hydrogen-bond donors (Lipinski definition) is 1. The first-order chi connectivity index (χ1) is 17.9. The molecule has 1 N–H and O–H groups in total. The van der Waals surface area contributed by atoms with Crippen LogP contribution in [0, 0.1) is 5.92 Å². The summed E-state index contributed by atoms with van der Waals surface area (Å²) >= 11 is 12.5. The highest BCUT2D eigenvalue weighted by Crippen LogP contribution is 2.42. The third-order valence-electron chi connectivity index (χ3n) is 6.62. The van der Waals surface area contributed by atoms with Crippen LogP contribution in [0.25, 0.3) is 0 Å². The molecule has 2 atom stereocenters. The number of rotatable bonds is 7. The molecule has 0 saturated carbocycles. The van der Waals surface area contributed by atoms with Gasteiger partial charge in [0.05, 0.1) is 33.8 Å². The first-order valence-corrected chi connectivity index (χ1v) is 14.5. The highest BCUT2D eigenvalue weighted by Gasteiger charge is 2.40. The van der Waals surface area contributed by atoms with Gasteiger partial charge >= 0.3 is 6.18 Å². The van der Waals surface area contributed by atoms with Crippen LogP contribution in [0.5, 0.6) is 0 Å². The Morgan fingerprint density at radius 1 is 1.08 bits per heavy atom. The van der Waals surface area contributed by atoms with Gasteiger partial charge in [-0.2, -0.15) is 18.3 Å². The minimum atomic E-state index is -4.58. The Morgan fingerprint density at radius 3 is 2.34 bits per heavy atom. The smallest absolute Gasteiger partial charge is 0.284 e. The van der Waals surface area contributed by atoms with E-state index in [0.717, 1.165) is 32.4 Å². The van der Waals surface area contributed by atoms with Gasteiger partial charge in [0.2, 0.25) is 0 Å². The molecule has 1 fully saturated rings. The maximum atomic E-state index is 13.2. The average molecular weight is 591 g/mol. The lowest BCUT2D eigenvalue weighted by Crippen LogP contribution is -2.48. The number of hydrogen-bond acceptors (Lipinski definition) is 6. The zero-order valence-electron chi connectivity index (χ0n) is 20.5. The number of hydrazone groups is 1. The monoisotopic (exact) mass is 590 g/mol. The summed E-state index contributed by atoms with van der Waals surface area (Å²) in [6.45, 7) is 3.32. The number of carbonyl (C=O) groups excluding carboxylic acids is 1. The maximum absolute atomic E-state index is 13.2. The molecule has 0 unspecified atom stereocenters. The molecule has 2 aliphatic rings. The number of amides is 1. The summed E-state index contributed by atoms with van der Waals surface area (Å²) in [4.78, 5) is 13.0. The highest BCUT2D eigenvalue weighted by atomic mass is 35.5. The second-order valence-electron chi connectivity index (χ2n) is 9.40. The third-order valence-corrected chi connectivity index (χ3v) is 8.89. The highest BCUT2D eigenvalue weighted by molar-refractivity contribution is 7.91. The minimum absolute atomic E-state index is 0.212. The minimum Gasteiger partial charge on any atom is -0.284 e. The van der Waals surface area contributed by atoms with Crippen LogP contribution in [0.2, 0.25) is 10.0 Å². The fourth-order valence-corrected chi connectivity index (χ4v) is 6.41. The Labute approximate surface area is 229 Å². The van der Waals surface area contributed by atoms with Crippen molar-refractivity contribution < 1.29 is 26.4 Å². The predicted octanol–water partition coefficient (Wildman–Crippen LogP) is 5.79. The lowest BCUT2D eigenvalue weighted by Gasteiger charge is -2.28. The molecule has 0 spiro atoms. The number of sulfone groups is 1. The molecule has 206 valence electrons. The first kappa shape index (κ1) is 28.7. The van der Waals surface area contributed by atoms with Gasteiger partial charge in [0.25, 0.3) is 5.91 Å². The van der Waals surface area contributed by atoms with Gasteiger partial charge in [-0.3, -0.25) is 15.2 Å². The van der Waals surface area contributed by atoms with E-state index in [1.807, 2.05) is 11.9 Å². The number of carbonyl (C=O) groups is 1. The standard InChI is InChI=1S/C25H27Cl2F3N4O3S/c1-16-22(24(35)32-33-12-3-2-4-13-33)31-34(21-10-7-18(26)15-20(21)27)23(16)17-5-8-19(9-6-17)38(36,37)14-11-25(28,29)30/h5-10,15-16,23H,2-4,11-14H2,1H3,(H,32,35)/t16-,23+/m0/s1. The van der Waals surface area contributed by atoms with Gasteiger partial charge < -0.3 is 0 Å². The van der Waals surface area contributed by atoms with Gasteiger partial charge in [0.1, 0.15) is 5.71 Å². The summed E-state index contributed by atoms with van der Waals surface area (Å²) in [5, 5.41) is 8.82. The van der Waals surface area contributed by atoms with Gasteiger partial charge in [-0.1, -0.05) is 48.7 Å². The number of alkyl halides is 3. The molecule has 38 heavy (non-hydrogen) atoms. The van der Waals surface area contributed by atoms with Crippen LogP contribution in [-0.2, 0) is 14.6 Å². The van der Waals surface area contributed by atoms with Crippen molar-refractivity contribution in [2.45, 2.75) is 49.7 Å². The van der Waals surface area contributed by atoms with E-state index in [1.54, 1.807) is 23.2 Å². The fraction of sp³-hybridized carbons (Fsp3) is 0.440. The quantitative estimate of drug-likeness (QED) is 0.441. The van der Waals surface area contributed by atoms with Gasteiger partial charge in [0.15, 0.2) is 9.84 Å². The Morgan fingerprint density at radius 2 is 1.74 bits per heavy atom. The second kappa shape index (κ2) is 11.4. The Kier molecular flexibility index (Phi) is 8.61. The average Bonchev–Trinajstić information content (AvgIpc) is 3.20. The van der Waals surface area contributed by atoms with Crippen molar-refractivity contribution >= 4 is 50.3 Å². The van der Waals surface area contributed by atoms with E-state index in [9.17, 15) is 26.4 Å². The van der Waals surface area contributed by atoms with Crippen molar-refractivity contribution in [3.05, 3.63) is 58.1 Å². The molecule has 0 radical (unpaired) electrons. The normalized spacial score (nSPS) is 20.9. The van der Waals surface area contributed by atoms with Crippen LogP contribution >= 0.6 is 23.2 Å². The predicted molar refractivity (Wildman–Crippen MR) is 141 cm³/mol. The Balaban J connectivity index is 1.64. The number of benzene rings is 2. The summed E-state index contributed by atoms with van der Waals surface area (Å²) in [6, 6.07) is 9.94. The molecule has 0 aromatic heterocycles. The van der Waals surface area contributed by atoms with Crippen LogP contribution in [0.4, 0.5) is 18.9 Å². The zero-order valence-corrected chi connectivity index (χ0v) is 22.8. The number of nitrogens with one attached hydrogen (secondary N) is 1. The van der Waals surface area contributed by atoms with Crippen molar-refractivity contribution in [3.63, 3.8) is 0 Å². The van der Waals surface area contributed by atoms with E-state index in [1.165, 1.54) is 24.3 Å². The van der Waals surface area contributed by atoms with E-state index < -0.39 is 40.1 Å². The molecular weight excluding hydrogens is 564 g/mol. The molecule has 4 rings (SSSR count). The lowest BCUT2D eigenvalue weighted by molar-refractivity contribution is -0.130. The molecule has 0 bridgehead atoms. The number of anilines is 1. The number of nitrogens with zero attached hydrogens (tertiary/aromatic N) is 3. The SMILES string of the molecule is C[C@H]1C(C(=O)NN2CCCCC2)=NN(c2ccc(Cl)cc2Cl)[C@H]1c1ccc(S(=O)(=O)CCC(F)(F)F)cc1. The van der Waals surface area contributed by atoms with Crippen molar-refractivity contribution in [1.82, 2.24) is 10.4 Å². The lowest BCUT2D eigenvalue weighted by atomic mass is 9.91. The fourth-order valence-electron chi connectivity index (χ4n) is 4.63. The van der Waals surface area contributed by atoms with Crippen LogP contribution in [0.3, 0.4) is 0 Å². The maximum Gasteiger partial charge on any atom is 0.390 e. The van der Waals surface area contributed by atoms with Crippen LogP contribution in [-0.4, -0.2) is 50.1 Å². The third kappa shape index (κ3) is 6.62. The van der Waals surface area contributed by atoms with Crippen LogP contribution < -0.4 is 10.4 Å².